The van der Waals surface area contributed by atoms with Crippen LogP contribution >= 0.6 is 0 Å². The first-order valence-corrected chi connectivity index (χ1v) is 9.74. The SMILES string of the molecule is CCCCCCCCCCCCCCCC(=O)N[C@@H](CO)C(=O)O.[H-].[Na+]. The van der Waals surface area contributed by atoms with Crippen molar-refractivity contribution < 1.29 is 50.8 Å². The Morgan fingerprint density at radius 3 is 1.60 bits per heavy atom. The van der Waals surface area contributed by atoms with E-state index >= 15 is 0 Å². The second-order valence-electron chi connectivity index (χ2n) is 6.63. The normalized spacial score (nSPS) is 11.6. The Labute approximate surface area is 177 Å². The van der Waals surface area contributed by atoms with Crippen molar-refractivity contribution in [1.29, 1.82) is 0 Å². The summed E-state index contributed by atoms with van der Waals surface area (Å²) in [5, 5.41) is 19.9. The molecule has 0 aromatic carbocycles. The molecule has 0 aliphatic heterocycles. The number of hydrogen-bond donors (Lipinski definition) is 3. The van der Waals surface area contributed by atoms with E-state index < -0.39 is 18.6 Å². The number of amides is 1. The van der Waals surface area contributed by atoms with Gasteiger partial charge in [0.2, 0.25) is 5.91 Å². The molecule has 0 aliphatic carbocycles. The van der Waals surface area contributed by atoms with E-state index in [-0.39, 0.29) is 36.9 Å². The zero-order chi connectivity index (χ0) is 18.0. The standard InChI is InChI=1S/C19H37NO4.Na.H/c1-2-3-4-5-6-7-8-9-10-11-12-13-14-15-18(22)20-17(16-21)19(23)24;;/h17,21H,2-16H2,1H3,(H,20,22)(H,23,24);;/q;+1;-1/t17-;;/m0../s1. The summed E-state index contributed by atoms with van der Waals surface area (Å²) in [6.45, 7) is 1.67. The van der Waals surface area contributed by atoms with Gasteiger partial charge in [-0.3, -0.25) is 4.79 Å². The van der Waals surface area contributed by atoms with Gasteiger partial charge in [0, 0.05) is 6.42 Å². The summed E-state index contributed by atoms with van der Waals surface area (Å²) in [5.74, 6) is -1.49. The fourth-order valence-corrected chi connectivity index (χ4v) is 2.76. The molecule has 0 spiro atoms. The zero-order valence-electron chi connectivity index (χ0n) is 17.4. The molecule has 0 aromatic heterocycles. The Bertz CT molecular complexity index is 333. The van der Waals surface area contributed by atoms with Gasteiger partial charge in [-0.1, -0.05) is 84.0 Å². The van der Waals surface area contributed by atoms with Crippen LogP contribution in [-0.4, -0.2) is 34.7 Å². The van der Waals surface area contributed by atoms with E-state index in [1.165, 1.54) is 64.2 Å². The van der Waals surface area contributed by atoms with Gasteiger partial charge in [-0.25, -0.2) is 4.79 Å². The fraction of sp³-hybridized carbons (Fsp3) is 0.895. The number of hydrogen-bond acceptors (Lipinski definition) is 3. The van der Waals surface area contributed by atoms with Crippen molar-refractivity contribution in [3.63, 3.8) is 0 Å². The molecule has 0 saturated carbocycles. The van der Waals surface area contributed by atoms with E-state index in [0.717, 1.165) is 19.3 Å². The second-order valence-corrected chi connectivity index (χ2v) is 6.63. The third-order valence-electron chi connectivity index (χ3n) is 4.32. The summed E-state index contributed by atoms with van der Waals surface area (Å²) in [6.07, 6.45) is 16.6. The largest absolute Gasteiger partial charge is 1.00 e. The molecule has 1 amide bonds. The van der Waals surface area contributed by atoms with Crippen LogP contribution in [0.25, 0.3) is 0 Å². The summed E-state index contributed by atoms with van der Waals surface area (Å²) >= 11 is 0. The molecule has 1 atom stereocenters. The van der Waals surface area contributed by atoms with Crippen molar-refractivity contribution in [1.82, 2.24) is 5.32 Å². The Morgan fingerprint density at radius 2 is 1.24 bits per heavy atom. The smallest absolute Gasteiger partial charge is 1.00 e. The molecule has 0 heterocycles. The molecule has 3 N–H and O–H groups in total. The van der Waals surface area contributed by atoms with Gasteiger partial charge in [0.15, 0.2) is 0 Å². The number of carbonyl (C=O) groups excluding carboxylic acids is 1. The van der Waals surface area contributed by atoms with Crippen molar-refractivity contribution in [2.75, 3.05) is 6.61 Å². The molecule has 0 unspecified atom stereocenters. The number of nitrogens with one attached hydrogen (secondary N) is 1. The van der Waals surface area contributed by atoms with E-state index in [4.69, 9.17) is 10.2 Å². The third kappa shape index (κ3) is 18.5. The molecule has 0 radical (unpaired) electrons. The topological polar surface area (TPSA) is 86.6 Å². The third-order valence-corrected chi connectivity index (χ3v) is 4.32. The van der Waals surface area contributed by atoms with Crippen molar-refractivity contribution in [3.05, 3.63) is 0 Å². The number of carboxylic acids is 1. The number of aliphatic carboxylic acids is 1. The average molecular weight is 368 g/mol. The number of rotatable bonds is 17. The van der Waals surface area contributed by atoms with Crippen LogP contribution in [0.1, 0.15) is 98.2 Å². The first-order valence-electron chi connectivity index (χ1n) is 9.74. The van der Waals surface area contributed by atoms with Crippen LogP contribution in [0.5, 0.6) is 0 Å². The maximum absolute atomic E-state index is 11.5. The Balaban J connectivity index is -0.00000264. The van der Waals surface area contributed by atoms with Gasteiger partial charge in [-0.2, -0.15) is 0 Å². The maximum Gasteiger partial charge on any atom is 1.00 e. The first kappa shape index (κ1) is 27.1. The van der Waals surface area contributed by atoms with E-state index in [9.17, 15) is 9.59 Å². The molecular formula is C19H38NNaO4. The van der Waals surface area contributed by atoms with Crippen molar-refractivity contribution in [2.45, 2.75) is 103 Å². The maximum atomic E-state index is 11.5. The molecule has 6 heteroatoms. The van der Waals surface area contributed by atoms with E-state index in [1.807, 2.05) is 0 Å². The number of unbranched alkanes of at least 4 members (excludes halogenated alkanes) is 12. The molecule has 0 fully saturated rings. The van der Waals surface area contributed by atoms with Crippen LogP contribution in [0.3, 0.4) is 0 Å². The molecule has 5 nitrogen and oxygen atoms in total. The summed E-state index contributed by atoms with van der Waals surface area (Å²) in [5.41, 5.74) is 0. The number of carbonyl (C=O) groups is 2. The molecule has 0 aliphatic rings. The number of aliphatic hydroxyl groups is 1. The minimum absolute atomic E-state index is 0. The summed E-state index contributed by atoms with van der Waals surface area (Å²) < 4.78 is 0. The molecule has 0 aromatic rings. The minimum Gasteiger partial charge on any atom is -1.00 e. The first-order chi connectivity index (χ1) is 11.6. The predicted octanol–water partition coefficient (Wildman–Crippen LogP) is 1.15. The predicted molar refractivity (Wildman–Crippen MR) is 98.1 cm³/mol. The minimum atomic E-state index is -1.20. The van der Waals surface area contributed by atoms with Crippen LogP contribution in [0, 0.1) is 0 Å². The summed E-state index contributed by atoms with van der Waals surface area (Å²) in [7, 11) is 0. The second kappa shape index (κ2) is 20.2. The van der Waals surface area contributed by atoms with Gasteiger partial charge in [-0.05, 0) is 6.42 Å². The molecule has 0 rings (SSSR count). The van der Waals surface area contributed by atoms with Crippen LogP contribution in [0.2, 0.25) is 0 Å². The van der Waals surface area contributed by atoms with Gasteiger partial charge in [-0.15, -0.1) is 0 Å². The number of aliphatic hydroxyl groups excluding tert-OH is 1. The Morgan fingerprint density at radius 1 is 0.840 bits per heavy atom. The molecule has 0 bridgehead atoms. The van der Waals surface area contributed by atoms with Gasteiger partial charge >= 0.3 is 35.5 Å². The summed E-state index contributed by atoms with van der Waals surface area (Å²) in [6, 6.07) is -1.18. The van der Waals surface area contributed by atoms with Gasteiger partial charge < -0.3 is 17.0 Å². The summed E-state index contributed by atoms with van der Waals surface area (Å²) in [4.78, 5) is 22.2. The zero-order valence-corrected chi connectivity index (χ0v) is 18.4. The van der Waals surface area contributed by atoms with Gasteiger partial charge in [0.25, 0.3) is 0 Å². The van der Waals surface area contributed by atoms with E-state index in [0.29, 0.717) is 6.42 Å². The Hall–Kier alpha value is -0.100. The molecule has 0 saturated heterocycles. The van der Waals surface area contributed by atoms with Crippen LogP contribution in [0.4, 0.5) is 0 Å². The monoisotopic (exact) mass is 367 g/mol. The molecule has 144 valence electrons. The molecular weight excluding hydrogens is 329 g/mol. The fourth-order valence-electron chi connectivity index (χ4n) is 2.76. The Kier molecular flexibility index (Phi) is 21.9. The van der Waals surface area contributed by atoms with Crippen LogP contribution in [-0.2, 0) is 9.59 Å². The van der Waals surface area contributed by atoms with Crippen LogP contribution < -0.4 is 34.9 Å². The van der Waals surface area contributed by atoms with Crippen molar-refractivity contribution in [3.8, 4) is 0 Å². The molecule has 25 heavy (non-hydrogen) atoms. The van der Waals surface area contributed by atoms with E-state index in [1.54, 1.807) is 0 Å². The van der Waals surface area contributed by atoms with E-state index in [2.05, 4.69) is 12.2 Å². The average Bonchev–Trinajstić information content (AvgIpc) is 2.56. The number of carboxylic acid groups (broad SMARTS) is 1. The van der Waals surface area contributed by atoms with Gasteiger partial charge in [0.1, 0.15) is 6.04 Å². The van der Waals surface area contributed by atoms with Crippen molar-refractivity contribution >= 4 is 11.9 Å². The quantitative estimate of drug-likeness (QED) is 0.266. The van der Waals surface area contributed by atoms with Gasteiger partial charge in [0.05, 0.1) is 6.61 Å². The van der Waals surface area contributed by atoms with Crippen molar-refractivity contribution in [2.24, 2.45) is 0 Å². The van der Waals surface area contributed by atoms with Crippen LogP contribution in [0.15, 0.2) is 0 Å².